The number of amides is 1. The number of likely N-dealkylation sites (N-methyl/N-ethyl adjacent to an activating group) is 1. The summed E-state index contributed by atoms with van der Waals surface area (Å²) in [5, 5.41) is 3.64. The van der Waals surface area contributed by atoms with E-state index in [0.717, 1.165) is 18.7 Å². The van der Waals surface area contributed by atoms with Gasteiger partial charge in [-0.2, -0.15) is 0 Å². The van der Waals surface area contributed by atoms with Crippen LogP contribution in [0.4, 0.5) is 0 Å². The molecule has 2 rings (SSSR count). The third-order valence-corrected chi connectivity index (χ3v) is 3.16. The molecule has 2 heterocycles. The van der Waals surface area contributed by atoms with Gasteiger partial charge in [0.15, 0.2) is 0 Å². The van der Waals surface area contributed by atoms with Crippen molar-refractivity contribution in [1.82, 2.24) is 15.0 Å². The first kappa shape index (κ1) is 12.1. The summed E-state index contributed by atoms with van der Waals surface area (Å²) >= 11 is 0. The first-order valence-electron chi connectivity index (χ1n) is 5.74. The van der Waals surface area contributed by atoms with E-state index in [1.165, 1.54) is 0 Å². The minimum atomic E-state index is -0.108. The zero-order valence-corrected chi connectivity index (χ0v) is 10.2. The van der Waals surface area contributed by atoms with Crippen molar-refractivity contribution in [1.29, 1.82) is 0 Å². The zero-order chi connectivity index (χ0) is 12.4. The second-order valence-electron chi connectivity index (χ2n) is 4.49. The van der Waals surface area contributed by atoms with Crippen molar-refractivity contribution >= 4 is 5.91 Å². The van der Waals surface area contributed by atoms with Crippen LogP contribution in [-0.4, -0.2) is 60.1 Å². The van der Waals surface area contributed by atoms with Crippen molar-refractivity contribution < 1.29 is 9.32 Å². The third kappa shape index (κ3) is 2.32. The molecule has 6 heteroatoms. The van der Waals surface area contributed by atoms with Crippen LogP contribution in [0.25, 0.3) is 0 Å². The number of nitrogens with zero attached hydrogens (tertiary/aromatic N) is 3. The van der Waals surface area contributed by atoms with Gasteiger partial charge in [0.25, 0.3) is 5.91 Å². The van der Waals surface area contributed by atoms with E-state index in [9.17, 15) is 4.79 Å². The fraction of sp³-hybridized carbons (Fsp3) is 0.636. The highest BCUT2D eigenvalue weighted by molar-refractivity contribution is 5.93. The van der Waals surface area contributed by atoms with Gasteiger partial charge in [0.1, 0.15) is 0 Å². The predicted octanol–water partition coefficient (Wildman–Crippen LogP) is -0.302. The highest BCUT2D eigenvalue weighted by atomic mass is 16.5. The summed E-state index contributed by atoms with van der Waals surface area (Å²) in [7, 11) is 2.03. The lowest BCUT2D eigenvalue weighted by Crippen LogP contribution is -2.56. The van der Waals surface area contributed by atoms with Crippen molar-refractivity contribution in [2.45, 2.75) is 13.0 Å². The lowest BCUT2D eigenvalue weighted by molar-refractivity contribution is 0.0476. The monoisotopic (exact) mass is 238 g/mol. The number of aromatic nitrogens is 1. The van der Waals surface area contributed by atoms with Crippen molar-refractivity contribution in [3.8, 4) is 0 Å². The molecule has 1 aromatic rings. The fourth-order valence-corrected chi connectivity index (χ4v) is 2.11. The Morgan fingerprint density at radius 2 is 2.41 bits per heavy atom. The molecule has 1 aliphatic rings. The van der Waals surface area contributed by atoms with Gasteiger partial charge in [-0.05, 0) is 14.0 Å². The van der Waals surface area contributed by atoms with E-state index in [4.69, 9.17) is 10.3 Å². The van der Waals surface area contributed by atoms with E-state index in [1.54, 1.807) is 11.1 Å². The minimum Gasteiger partial charge on any atom is -0.351 e. The van der Waals surface area contributed by atoms with Crippen molar-refractivity contribution in [3.63, 3.8) is 0 Å². The third-order valence-electron chi connectivity index (χ3n) is 3.16. The van der Waals surface area contributed by atoms with Crippen LogP contribution in [-0.2, 0) is 0 Å². The van der Waals surface area contributed by atoms with Crippen molar-refractivity contribution in [2.24, 2.45) is 5.73 Å². The Morgan fingerprint density at radius 3 is 3.00 bits per heavy atom. The van der Waals surface area contributed by atoms with Crippen LogP contribution in [0.1, 0.15) is 16.1 Å². The first-order valence-corrected chi connectivity index (χ1v) is 5.74. The summed E-state index contributed by atoms with van der Waals surface area (Å²) in [6.07, 6.45) is 1.56. The van der Waals surface area contributed by atoms with Crippen LogP contribution < -0.4 is 5.73 Å². The van der Waals surface area contributed by atoms with Gasteiger partial charge in [-0.25, -0.2) is 0 Å². The van der Waals surface area contributed by atoms with Gasteiger partial charge >= 0.3 is 0 Å². The molecule has 6 nitrogen and oxygen atoms in total. The topological polar surface area (TPSA) is 75.6 Å². The zero-order valence-electron chi connectivity index (χ0n) is 10.2. The number of piperazine rings is 1. The number of rotatable bonds is 2. The Kier molecular flexibility index (Phi) is 3.44. The van der Waals surface area contributed by atoms with Crippen LogP contribution in [0.3, 0.4) is 0 Å². The van der Waals surface area contributed by atoms with E-state index in [-0.39, 0.29) is 11.9 Å². The summed E-state index contributed by atoms with van der Waals surface area (Å²) in [5.41, 5.74) is 6.49. The minimum absolute atomic E-state index is 0.0470. The number of carbonyl (C=O) groups excluding carboxylic acids is 1. The smallest absolute Gasteiger partial charge is 0.293 e. The van der Waals surface area contributed by atoms with Gasteiger partial charge in [0, 0.05) is 31.7 Å². The Labute approximate surface area is 100 Å². The Morgan fingerprint density at radius 1 is 1.65 bits per heavy atom. The summed E-state index contributed by atoms with van der Waals surface area (Å²) in [6, 6.07) is 0.0470. The van der Waals surface area contributed by atoms with Gasteiger partial charge in [0.2, 0.25) is 5.76 Å². The summed E-state index contributed by atoms with van der Waals surface area (Å²) in [5.74, 6) is 0.219. The molecule has 1 fully saturated rings. The molecule has 1 saturated heterocycles. The molecule has 0 radical (unpaired) electrons. The molecule has 2 N–H and O–H groups in total. The number of nitrogens with two attached hydrogens (primary N) is 1. The fourth-order valence-electron chi connectivity index (χ4n) is 2.11. The van der Waals surface area contributed by atoms with Crippen LogP contribution in [0.5, 0.6) is 0 Å². The van der Waals surface area contributed by atoms with Crippen LogP contribution in [0.15, 0.2) is 10.7 Å². The van der Waals surface area contributed by atoms with Crippen LogP contribution >= 0.6 is 0 Å². The second kappa shape index (κ2) is 4.85. The molecule has 0 spiro atoms. The summed E-state index contributed by atoms with van der Waals surface area (Å²) < 4.78 is 5.00. The largest absolute Gasteiger partial charge is 0.351 e. The van der Waals surface area contributed by atoms with E-state index < -0.39 is 0 Å². The molecular formula is C11H18N4O2. The Bertz CT molecular complexity index is 404. The molecule has 94 valence electrons. The molecule has 0 aromatic carbocycles. The Balaban J connectivity index is 2.16. The summed E-state index contributed by atoms with van der Waals surface area (Å²) in [4.78, 5) is 16.2. The lowest BCUT2D eigenvalue weighted by atomic mass is 10.1. The van der Waals surface area contributed by atoms with E-state index >= 15 is 0 Å². The molecule has 1 atom stereocenters. The van der Waals surface area contributed by atoms with Gasteiger partial charge in [0.05, 0.1) is 12.2 Å². The second-order valence-corrected chi connectivity index (χ2v) is 4.49. The average Bonchev–Trinajstić information content (AvgIpc) is 2.74. The molecule has 0 bridgehead atoms. The predicted molar refractivity (Wildman–Crippen MR) is 62.6 cm³/mol. The average molecular weight is 238 g/mol. The first-order chi connectivity index (χ1) is 8.13. The SMILES string of the molecule is Cc1cnoc1C(=O)N1CCN(C)CC1CN. The highest BCUT2D eigenvalue weighted by Gasteiger charge is 2.31. The highest BCUT2D eigenvalue weighted by Crippen LogP contribution is 2.15. The molecular weight excluding hydrogens is 220 g/mol. The molecule has 1 unspecified atom stereocenters. The number of aryl methyl sites for hydroxylation is 1. The molecule has 1 aliphatic heterocycles. The maximum atomic E-state index is 12.3. The van der Waals surface area contributed by atoms with Crippen molar-refractivity contribution in [3.05, 3.63) is 17.5 Å². The van der Waals surface area contributed by atoms with Gasteiger partial charge in [-0.1, -0.05) is 5.16 Å². The number of carbonyl (C=O) groups is 1. The quantitative estimate of drug-likeness (QED) is 0.765. The van der Waals surface area contributed by atoms with Crippen LogP contribution in [0.2, 0.25) is 0 Å². The standard InChI is InChI=1S/C11H18N4O2/c1-8-6-13-17-10(8)11(16)15-4-3-14(2)7-9(15)5-12/h6,9H,3-5,7,12H2,1-2H3. The maximum absolute atomic E-state index is 12.3. The molecule has 17 heavy (non-hydrogen) atoms. The van der Waals surface area contributed by atoms with E-state index in [0.29, 0.717) is 18.8 Å². The lowest BCUT2D eigenvalue weighted by Gasteiger charge is -2.39. The number of hydrogen-bond donors (Lipinski definition) is 1. The normalized spacial score (nSPS) is 21.8. The van der Waals surface area contributed by atoms with Gasteiger partial charge < -0.3 is 20.1 Å². The van der Waals surface area contributed by atoms with Crippen molar-refractivity contribution in [2.75, 3.05) is 33.2 Å². The Hall–Kier alpha value is -1.40. The maximum Gasteiger partial charge on any atom is 0.293 e. The molecule has 0 aliphatic carbocycles. The number of hydrogen-bond acceptors (Lipinski definition) is 5. The van der Waals surface area contributed by atoms with Gasteiger partial charge in [-0.15, -0.1) is 0 Å². The van der Waals surface area contributed by atoms with Crippen LogP contribution in [0, 0.1) is 6.92 Å². The van der Waals surface area contributed by atoms with E-state index in [2.05, 4.69) is 10.1 Å². The summed E-state index contributed by atoms with van der Waals surface area (Å²) in [6.45, 7) is 4.61. The van der Waals surface area contributed by atoms with Gasteiger partial charge in [-0.3, -0.25) is 4.79 Å². The molecule has 1 aromatic heterocycles. The molecule has 1 amide bonds. The molecule has 0 saturated carbocycles. The van der Waals surface area contributed by atoms with E-state index in [1.807, 2.05) is 14.0 Å².